The molecule has 1 heterocycles. The molecule has 22 heavy (non-hydrogen) atoms. The zero-order valence-electron chi connectivity index (χ0n) is 11.8. The van der Waals surface area contributed by atoms with Gasteiger partial charge in [0.2, 0.25) is 0 Å². The lowest BCUT2D eigenvalue weighted by atomic mass is 10.0. The Bertz CT molecular complexity index is 564. The Morgan fingerprint density at radius 1 is 1.09 bits per heavy atom. The van der Waals surface area contributed by atoms with E-state index in [9.17, 15) is 4.79 Å². The Morgan fingerprint density at radius 3 is 2.18 bits per heavy atom. The van der Waals surface area contributed by atoms with Crippen LogP contribution in [0.15, 0.2) is 0 Å². The smallest absolute Gasteiger partial charge is 0.260 e. The second kappa shape index (κ2) is 7.67. The lowest BCUT2D eigenvalue weighted by Crippen LogP contribution is -2.41. The average Bonchev–Trinajstić information content (AvgIpc) is 2.50. The van der Waals surface area contributed by atoms with Crippen molar-refractivity contribution < 1.29 is 9.53 Å². The summed E-state index contributed by atoms with van der Waals surface area (Å²) < 4.78 is 5.45. The largest absolute Gasteiger partial charge is 0.481 e. The molecular formula is C14H14Cl5NO2. The summed E-state index contributed by atoms with van der Waals surface area (Å²) >= 11 is 29.9. The van der Waals surface area contributed by atoms with Gasteiger partial charge in [-0.25, -0.2) is 0 Å². The fraction of sp³-hybridized carbons (Fsp3) is 0.500. The Hall–Kier alpha value is -0.0600. The van der Waals surface area contributed by atoms with Gasteiger partial charge in [-0.3, -0.25) is 4.79 Å². The maximum absolute atomic E-state index is 12.2. The van der Waals surface area contributed by atoms with Crippen LogP contribution in [-0.4, -0.2) is 30.5 Å². The number of ether oxygens (including phenoxy) is 1. The van der Waals surface area contributed by atoms with Gasteiger partial charge in [-0.05, 0) is 18.8 Å². The van der Waals surface area contributed by atoms with Crippen LogP contribution in [0.3, 0.4) is 0 Å². The average molecular weight is 406 g/mol. The molecule has 1 aromatic carbocycles. The second-order valence-electron chi connectivity index (χ2n) is 5.27. The fourth-order valence-corrected chi connectivity index (χ4v) is 3.58. The Morgan fingerprint density at radius 2 is 1.64 bits per heavy atom. The van der Waals surface area contributed by atoms with Gasteiger partial charge in [-0.15, -0.1) is 0 Å². The SMILES string of the molecule is C[C@H]1CCCN(C(=O)COc2c(Cl)c(Cl)c(Cl)c(Cl)c2Cl)C1. The van der Waals surface area contributed by atoms with Gasteiger partial charge in [0, 0.05) is 13.1 Å². The lowest BCUT2D eigenvalue weighted by Gasteiger charge is -2.30. The van der Waals surface area contributed by atoms with Gasteiger partial charge in [0.05, 0.1) is 15.1 Å². The molecule has 0 aromatic heterocycles. The lowest BCUT2D eigenvalue weighted by molar-refractivity contribution is -0.135. The van der Waals surface area contributed by atoms with Gasteiger partial charge in [-0.2, -0.15) is 0 Å². The van der Waals surface area contributed by atoms with E-state index in [0.717, 1.165) is 25.9 Å². The molecule has 1 aliphatic heterocycles. The number of carbonyl (C=O) groups excluding carboxylic acids is 1. The first-order valence-corrected chi connectivity index (χ1v) is 8.64. The number of halogens is 5. The molecule has 0 aliphatic carbocycles. The van der Waals surface area contributed by atoms with E-state index >= 15 is 0 Å². The minimum absolute atomic E-state index is 0.0425. The number of carbonyl (C=O) groups is 1. The number of hydrogen-bond acceptors (Lipinski definition) is 2. The molecule has 2 rings (SSSR count). The maximum atomic E-state index is 12.2. The highest BCUT2D eigenvalue weighted by Gasteiger charge is 2.24. The van der Waals surface area contributed by atoms with Gasteiger partial charge in [0.15, 0.2) is 12.4 Å². The zero-order valence-corrected chi connectivity index (χ0v) is 15.5. The Balaban J connectivity index is 2.10. The summed E-state index contributed by atoms with van der Waals surface area (Å²) in [6.45, 7) is 3.40. The highest BCUT2D eigenvalue weighted by molar-refractivity contribution is 6.55. The van der Waals surface area contributed by atoms with Gasteiger partial charge in [-0.1, -0.05) is 64.9 Å². The molecule has 1 aromatic rings. The van der Waals surface area contributed by atoms with Crippen molar-refractivity contribution in [2.45, 2.75) is 19.8 Å². The summed E-state index contributed by atoms with van der Waals surface area (Å²) in [6.07, 6.45) is 2.12. The molecule has 8 heteroatoms. The third-order valence-electron chi connectivity index (χ3n) is 3.52. The fourth-order valence-electron chi connectivity index (χ4n) is 2.35. The van der Waals surface area contributed by atoms with Crippen molar-refractivity contribution in [2.24, 2.45) is 5.92 Å². The number of hydrogen-bond donors (Lipinski definition) is 0. The number of benzene rings is 1. The quantitative estimate of drug-likeness (QED) is 0.484. The van der Waals surface area contributed by atoms with Crippen LogP contribution in [-0.2, 0) is 4.79 Å². The van der Waals surface area contributed by atoms with E-state index in [1.165, 1.54) is 0 Å². The molecule has 0 spiro atoms. The molecule has 1 aliphatic rings. The van der Waals surface area contributed by atoms with Gasteiger partial charge in [0.25, 0.3) is 5.91 Å². The van der Waals surface area contributed by atoms with E-state index in [0.29, 0.717) is 5.92 Å². The molecule has 0 unspecified atom stereocenters. The standard InChI is InChI=1S/C14H14Cl5NO2/c1-7-3-2-4-20(5-7)8(21)6-22-14-12(18)10(16)9(15)11(17)13(14)19/h7H,2-6H2,1H3/t7-/m0/s1. The van der Waals surface area contributed by atoms with Crippen molar-refractivity contribution in [3.05, 3.63) is 25.1 Å². The minimum atomic E-state index is -0.180. The molecule has 0 N–H and O–H groups in total. The second-order valence-corrected chi connectivity index (χ2v) is 7.16. The minimum Gasteiger partial charge on any atom is -0.481 e. The molecule has 1 saturated heterocycles. The van der Waals surface area contributed by atoms with E-state index in [1.54, 1.807) is 4.90 Å². The van der Waals surface area contributed by atoms with Crippen LogP contribution in [0.2, 0.25) is 25.1 Å². The Kier molecular flexibility index (Phi) is 6.38. The monoisotopic (exact) mass is 403 g/mol. The normalized spacial score (nSPS) is 18.5. The third-order valence-corrected chi connectivity index (χ3v) is 5.76. The van der Waals surface area contributed by atoms with Crippen LogP contribution in [0, 0.1) is 5.92 Å². The molecule has 0 saturated carbocycles. The van der Waals surface area contributed by atoms with E-state index in [1.807, 2.05) is 0 Å². The van der Waals surface area contributed by atoms with Crippen LogP contribution in [0.25, 0.3) is 0 Å². The van der Waals surface area contributed by atoms with Crippen molar-refractivity contribution >= 4 is 63.9 Å². The predicted molar refractivity (Wildman–Crippen MR) is 92.0 cm³/mol. The van der Waals surface area contributed by atoms with Gasteiger partial charge in [0.1, 0.15) is 10.0 Å². The third kappa shape index (κ3) is 3.88. The van der Waals surface area contributed by atoms with Gasteiger partial charge >= 0.3 is 0 Å². The molecule has 0 bridgehead atoms. The maximum Gasteiger partial charge on any atom is 0.260 e. The number of rotatable bonds is 3. The van der Waals surface area contributed by atoms with Crippen LogP contribution in [0.4, 0.5) is 0 Å². The molecule has 1 amide bonds. The topological polar surface area (TPSA) is 29.5 Å². The van der Waals surface area contributed by atoms with Gasteiger partial charge < -0.3 is 9.64 Å². The first kappa shape index (κ1) is 18.3. The van der Waals surface area contributed by atoms with Crippen molar-refractivity contribution in [3.63, 3.8) is 0 Å². The van der Waals surface area contributed by atoms with Crippen LogP contribution >= 0.6 is 58.0 Å². The number of nitrogens with zero attached hydrogens (tertiary/aromatic N) is 1. The van der Waals surface area contributed by atoms with Crippen molar-refractivity contribution in [1.29, 1.82) is 0 Å². The van der Waals surface area contributed by atoms with Crippen molar-refractivity contribution in [2.75, 3.05) is 19.7 Å². The van der Waals surface area contributed by atoms with Crippen molar-refractivity contribution in [1.82, 2.24) is 4.90 Å². The van der Waals surface area contributed by atoms with Crippen LogP contribution in [0.1, 0.15) is 19.8 Å². The predicted octanol–water partition coefficient (Wildman–Crippen LogP) is 5.59. The molecule has 122 valence electrons. The highest BCUT2D eigenvalue weighted by Crippen LogP contribution is 2.48. The number of piperidine rings is 1. The first-order chi connectivity index (χ1) is 10.3. The molecular weight excluding hydrogens is 391 g/mol. The van der Waals surface area contributed by atoms with E-state index in [2.05, 4.69) is 6.92 Å². The summed E-state index contributed by atoms with van der Waals surface area (Å²) in [5.74, 6) is 0.436. The van der Waals surface area contributed by atoms with Crippen molar-refractivity contribution in [3.8, 4) is 5.75 Å². The molecule has 3 nitrogen and oxygen atoms in total. The summed E-state index contributed by atoms with van der Waals surface area (Å²) in [5, 5.41) is 0.238. The van der Waals surface area contributed by atoms with E-state index in [-0.39, 0.29) is 43.4 Å². The summed E-state index contributed by atoms with van der Waals surface area (Å²) in [5.41, 5.74) is 0. The number of likely N-dealkylation sites (tertiary alicyclic amines) is 1. The van der Waals surface area contributed by atoms with Crippen LogP contribution < -0.4 is 4.74 Å². The van der Waals surface area contributed by atoms with E-state index in [4.69, 9.17) is 62.7 Å². The summed E-state index contributed by atoms with van der Waals surface area (Å²) in [6, 6.07) is 0. The summed E-state index contributed by atoms with van der Waals surface area (Å²) in [4.78, 5) is 14.0. The van der Waals surface area contributed by atoms with E-state index < -0.39 is 0 Å². The highest BCUT2D eigenvalue weighted by atomic mass is 35.5. The van der Waals surface area contributed by atoms with Crippen LogP contribution in [0.5, 0.6) is 5.75 Å². The number of amides is 1. The molecule has 0 radical (unpaired) electrons. The Labute approximate surface area is 154 Å². The molecule has 1 atom stereocenters. The first-order valence-electron chi connectivity index (χ1n) is 6.75. The summed E-state index contributed by atoms with van der Waals surface area (Å²) in [7, 11) is 0. The molecule has 1 fully saturated rings. The zero-order chi connectivity index (χ0) is 16.4.